The summed E-state index contributed by atoms with van der Waals surface area (Å²) < 4.78 is 11.4. The molecule has 344 valence electrons. The largest absolute Gasteiger partial charge is 0.480 e. The van der Waals surface area contributed by atoms with Crippen molar-refractivity contribution in [3.63, 3.8) is 0 Å². The Morgan fingerprint density at radius 1 is 0.583 bits per heavy atom. The van der Waals surface area contributed by atoms with Gasteiger partial charge in [0.15, 0.2) is 0 Å². The van der Waals surface area contributed by atoms with Crippen molar-refractivity contribution >= 4 is 35.8 Å². The van der Waals surface area contributed by atoms with E-state index in [4.69, 9.17) is 9.47 Å². The molecule has 1 heterocycles. The normalized spacial score (nSPS) is 16.1. The summed E-state index contributed by atoms with van der Waals surface area (Å²) >= 11 is 0. The lowest BCUT2D eigenvalue weighted by Crippen LogP contribution is -2.50. The number of carboxylic acids is 3. The number of nitrogens with one attached hydrogen (secondary N) is 1. The van der Waals surface area contributed by atoms with Gasteiger partial charge >= 0.3 is 29.8 Å². The lowest BCUT2D eigenvalue weighted by Gasteiger charge is -2.33. The van der Waals surface area contributed by atoms with Gasteiger partial charge in [0.2, 0.25) is 5.91 Å². The van der Waals surface area contributed by atoms with Crippen LogP contribution in [-0.2, 0) is 38.2 Å². The maximum atomic E-state index is 13.3. The van der Waals surface area contributed by atoms with Crippen molar-refractivity contribution in [2.75, 3.05) is 105 Å². The molecule has 0 spiro atoms. The van der Waals surface area contributed by atoms with E-state index in [0.717, 1.165) is 70.6 Å². The molecule has 4 N–H and O–H groups in total. The number of unbranched alkanes of at least 4 members (excludes halogenated alkanes) is 10. The number of hydrogen-bond donors (Lipinski definition) is 4. The molecule has 0 aromatic heterocycles. The van der Waals surface area contributed by atoms with Gasteiger partial charge in [0.05, 0.1) is 32.8 Å². The van der Waals surface area contributed by atoms with Crippen LogP contribution in [0.25, 0.3) is 0 Å². The van der Waals surface area contributed by atoms with Crippen LogP contribution < -0.4 is 5.32 Å². The molecule has 1 saturated heterocycles. The molecule has 17 heteroatoms. The molecular formula is C43H76N6O11. The van der Waals surface area contributed by atoms with E-state index in [1.807, 2.05) is 24.8 Å². The molecule has 1 aliphatic heterocycles. The molecule has 0 saturated carbocycles. The van der Waals surface area contributed by atoms with Gasteiger partial charge in [0.1, 0.15) is 12.7 Å². The number of amides is 1. The number of carboxylic acid groups (broad SMARTS) is 3. The van der Waals surface area contributed by atoms with Gasteiger partial charge in [-0.05, 0) is 59.4 Å². The van der Waals surface area contributed by atoms with Gasteiger partial charge in [-0.2, -0.15) is 0 Å². The van der Waals surface area contributed by atoms with Crippen LogP contribution in [0.15, 0.2) is 24.3 Å². The Hall–Kier alpha value is -3.90. The third-order valence-electron chi connectivity index (χ3n) is 10.1. The fourth-order valence-corrected chi connectivity index (χ4v) is 6.76. The third-order valence-corrected chi connectivity index (χ3v) is 10.1. The fourth-order valence-electron chi connectivity index (χ4n) is 6.76. The Morgan fingerprint density at radius 2 is 0.967 bits per heavy atom. The minimum absolute atomic E-state index is 0.0398. The average Bonchev–Trinajstić information content (AvgIpc) is 3.18. The minimum atomic E-state index is -1.03. The highest BCUT2D eigenvalue weighted by molar-refractivity contribution is 5.78. The summed E-state index contributed by atoms with van der Waals surface area (Å²) in [5, 5.41) is 31.3. The van der Waals surface area contributed by atoms with Crippen molar-refractivity contribution in [3.8, 4) is 0 Å². The van der Waals surface area contributed by atoms with Crippen molar-refractivity contribution in [2.24, 2.45) is 0 Å². The van der Waals surface area contributed by atoms with Gasteiger partial charge in [-0.25, -0.2) is 0 Å². The van der Waals surface area contributed by atoms with E-state index in [1.54, 1.807) is 26.6 Å². The van der Waals surface area contributed by atoms with Crippen LogP contribution in [0.1, 0.15) is 104 Å². The van der Waals surface area contributed by atoms with Crippen molar-refractivity contribution in [1.82, 2.24) is 29.8 Å². The summed E-state index contributed by atoms with van der Waals surface area (Å²) in [6.45, 7) is 5.73. The fraction of sp³-hybridized carbons (Fsp3) is 0.767. The average molecular weight is 853 g/mol. The maximum Gasteiger partial charge on any atom is 0.317 e. The smallest absolute Gasteiger partial charge is 0.317 e. The first kappa shape index (κ1) is 54.1. The Morgan fingerprint density at radius 3 is 1.38 bits per heavy atom. The Labute approximate surface area is 358 Å². The van der Waals surface area contributed by atoms with Crippen LogP contribution in [0.3, 0.4) is 0 Å². The molecular weight excluding hydrogens is 777 g/mol. The standard InChI is InChI=1S/C43H76N6O11/c1-4-6-8-10-12-14-16-18-20-42(57)59-35-37(60-43(58)21-19-17-15-13-11-9-7-5-2)30-45(3)36-44-38(50)31-46-22-24-47(32-39(51)52)26-28-49(34-41(55)56)29-27-48(25-23-46)33-40(53)54/h4-7,37H,8-36H2,1-3H3,(H,44,50)(H,51,52)(H,53,54)(H,55,56)/b6-4+,7-5-. The Balaban J connectivity index is 2.83. The topological polar surface area (TPSA) is 210 Å². The van der Waals surface area contributed by atoms with E-state index in [1.165, 1.54) is 0 Å². The highest BCUT2D eigenvalue weighted by atomic mass is 16.6. The van der Waals surface area contributed by atoms with E-state index in [2.05, 4.69) is 23.5 Å². The monoisotopic (exact) mass is 853 g/mol. The highest BCUT2D eigenvalue weighted by Crippen LogP contribution is 2.11. The number of allylic oxidation sites excluding steroid dienone is 4. The van der Waals surface area contributed by atoms with E-state index < -0.39 is 24.0 Å². The van der Waals surface area contributed by atoms with E-state index in [-0.39, 0.29) is 103 Å². The molecule has 1 fully saturated rings. The van der Waals surface area contributed by atoms with Crippen LogP contribution in [0.5, 0.6) is 0 Å². The summed E-state index contributed by atoms with van der Waals surface area (Å²) in [6, 6.07) is 0. The predicted octanol–water partition coefficient (Wildman–Crippen LogP) is 3.54. The number of likely N-dealkylation sites (N-methyl/N-ethyl adjacent to an activating group) is 1. The molecule has 1 atom stereocenters. The van der Waals surface area contributed by atoms with Gasteiger partial charge in [0.25, 0.3) is 0 Å². The Kier molecular flexibility index (Phi) is 31.4. The lowest BCUT2D eigenvalue weighted by molar-refractivity contribution is -0.160. The molecule has 0 aromatic carbocycles. The van der Waals surface area contributed by atoms with Crippen LogP contribution >= 0.6 is 0 Å². The maximum absolute atomic E-state index is 13.3. The zero-order chi connectivity index (χ0) is 44.4. The van der Waals surface area contributed by atoms with Gasteiger partial charge < -0.3 is 30.1 Å². The van der Waals surface area contributed by atoms with Crippen LogP contribution in [0, 0.1) is 0 Å². The third kappa shape index (κ3) is 31.0. The second kappa shape index (κ2) is 34.8. The molecule has 60 heavy (non-hydrogen) atoms. The SMILES string of the molecule is C/C=C\CCCCCCCC(=O)OC(COC(=O)CCCCCCC/C=C/C)CN(C)CNC(=O)CN1CCN(CC(=O)O)CCN(CC(=O)O)CCN(CC(=O)O)CC1. The Bertz CT molecular complexity index is 1270. The van der Waals surface area contributed by atoms with Crippen molar-refractivity contribution in [3.05, 3.63) is 24.3 Å². The van der Waals surface area contributed by atoms with E-state index in [0.29, 0.717) is 32.6 Å². The van der Waals surface area contributed by atoms with Gasteiger partial charge in [-0.15, -0.1) is 0 Å². The van der Waals surface area contributed by atoms with Gasteiger partial charge in [-0.3, -0.25) is 53.3 Å². The molecule has 0 radical (unpaired) electrons. The molecule has 0 bridgehead atoms. The zero-order valence-electron chi connectivity index (χ0n) is 36.7. The quantitative estimate of drug-likeness (QED) is 0.0340. The molecule has 0 aliphatic carbocycles. The summed E-state index contributed by atoms with van der Waals surface area (Å²) in [5.74, 6) is -4.11. The summed E-state index contributed by atoms with van der Waals surface area (Å²) in [7, 11) is 1.75. The van der Waals surface area contributed by atoms with Crippen molar-refractivity contribution in [1.29, 1.82) is 0 Å². The number of esters is 2. The van der Waals surface area contributed by atoms with Crippen molar-refractivity contribution < 1.29 is 53.6 Å². The molecule has 0 aromatic rings. The van der Waals surface area contributed by atoms with E-state index >= 15 is 0 Å². The summed E-state index contributed by atoms with van der Waals surface area (Å²) in [5.41, 5.74) is 0. The highest BCUT2D eigenvalue weighted by Gasteiger charge is 2.23. The molecule has 1 amide bonds. The number of hydrogen-bond acceptors (Lipinski definition) is 13. The summed E-state index contributed by atoms with van der Waals surface area (Å²) in [6.07, 6.45) is 20.2. The van der Waals surface area contributed by atoms with Crippen LogP contribution in [-0.4, -0.2) is 187 Å². The lowest BCUT2D eigenvalue weighted by atomic mass is 10.1. The minimum Gasteiger partial charge on any atom is -0.480 e. The molecule has 1 aliphatic rings. The molecule has 1 unspecified atom stereocenters. The number of ether oxygens (including phenoxy) is 2. The molecule has 17 nitrogen and oxygen atoms in total. The molecule has 1 rings (SSSR count). The van der Waals surface area contributed by atoms with Gasteiger partial charge in [0, 0.05) is 71.7 Å². The first-order valence-electron chi connectivity index (χ1n) is 21.9. The van der Waals surface area contributed by atoms with Gasteiger partial charge in [-0.1, -0.05) is 62.8 Å². The second-order valence-electron chi connectivity index (χ2n) is 15.6. The summed E-state index contributed by atoms with van der Waals surface area (Å²) in [4.78, 5) is 82.1. The van der Waals surface area contributed by atoms with Crippen molar-refractivity contribution in [2.45, 2.75) is 110 Å². The number of aliphatic carboxylic acids is 3. The van der Waals surface area contributed by atoms with E-state index in [9.17, 15) is 44.1 Å². The first-order valence-corrected chi connectivity index (χ1v) is 21.9. The number of nitrogens with zero attached hydrogens (tertiary/aromatic N) is 5. The zero-order valence-corrected chi connectivity index (χ0v) is 36.7. The van der Waals surface area contributed by atoms with Crippen LogP contribution in [0.4, 0.5) is 0 Å². The predicted molar refractivity (Wildman–Crippen MR) is 229 cm³/mol. The number of carbonyl (C=O) groups is 6. The van der Waals surface area contributed by atoms with Crippen LogP contribution in [0.2, 0.25) is 0 Å². The number of carbonyl (C=O) groups excluding carboxylic acids is 3. The first-order chi connectivity index (χ1) is 28.8. The number of rotatable bonds is 31. The second-order valence-corrected chi connectivity index (χ2v) is 15.6.